The molecule has 4 heteroatoms. The lowest BCUT2D eigenvalue weighted by molar-refractivity contribution is 0.0696. The minimum absolute atomic E-state index is 0.269. The minimum Gasteiger partial charge on any atom is -0.488 e. The fourth-order valence-electron chi connectivity index (χ4n) is 2.07. The van der Waals surface area contributed by atoms with Crippen LogP contribution in [-0.2, 0) is 6.61 Å². The first-order valence-corrected chi connectivity index (χ1v) is 6.57. The molecule has 0 bridgehead atoms. The maximum Gasteiger partial charge on any atom is 0.335 e. The van der Waals surface area contributed by atoms with E-state index in [9.17, 15) is 4.79 Å². The first-order valence-electron chi connectivity index (χ1n) is 6.20. The molecule has 0 saturated carbocycles. The Balaban J connectivity index is 2.22. The van der Waals surface area contributed by atoms with Gasteiger partial charge in [-0.25, -0.2) is 4.79 Å². The van der Waals surface area contributed by atoms with Crippen molar-refractivity contribution in [2.75, 3.05) is 0 Å². The van der Waals surface area contributed by atoms with Gasteiger partial charge in [0.15, 0.2) is 0 Å². The Kier molecular flexibility index (Phi) is 4.30. The molecule has 104 valence electrons. The zero-order valence-corrected chi connectivity index (χ0v) is 12.1. The Morgan fingerprint density at radius 2 is 1.80 bits per heavy atom. The van der Waals surface area contributed by atoms with Gasteiger partial charge in [-0.05, 0) is 43.2 Å². The lowest BCUT2D eigenvalue weighted by Gasteiger charge is -2.13. The zero-order valence-electron chi connectivity index (χ0n) is 11.3. The molecule has 2 aromatic carbocycles. The van der Waals surface area contributed by atoms with Crippen molar-refractivity contribution in [1.82, 2.24) is 0 Å². The Bertz CT molecular complexity index is 627. The Morgan fingerprint density at radius 1 is 1.20 bits per heavy atom. The van der Waals surface area contributed by atoms with E-state index in [1.54, 1.807) is 12.1 Å². The number of hydrogen-bond acceptors (Lipinski definition) is 2. The van der Waals surface area contributed by atoms with Gasteiger partial charge in [-0.15, -0.1) is 0 Å². The van der Waals surface area contributed by atoms with E-state index < -0.39 is 5.97 Å². The van der Waals surface area contributed by atoms with E-state index in [2.05, 4.69) is 0 Å². The highest BCUT2D eigenvalue weighted by atomic mass is 35.5. The van der Waals surface area contributed by atoms with Crippen molar-refractivity contribution in [2.45, 2.75) is 20.5 Å². The molecular formula is C16H15ClO3. The summed E-state index contributed by atoms with van der Waals surface area (Å²) < 4.78 is 5.79. The summed E-state index contributed by atoms with van der Waals surface area (Å²) in [5.41, 5.74) is 2.77. The number of carboxylic acids is 1. The number of aromatic carboxylic acids is 1. The molecule has 0 fully saturated rings. The SMILES string of the molecule is Cc1cc(C(=O)O)cc(C)c1OCc1ccccc1Cl. The zero-order chi connectivity index (χ0) is 14.7. The van der Waals surface area contributed by atoms with Gasteiger partial charge >= 0.3 is 5.97 Å². The first kappa shape index (κ1) is 14.4. The van der Waals surface area contributed by atoms with Crippen LogP contribution in [0, 0.1) is 13.8 Å². The van der Waals surface area contributed by atoms with E-state index >= 15 is 0 Å². The molecule has 0 atom stereocenters. The second-order valence-corrected chi connectivity index (χ2v) is 5.03. The van der Waals surface area contributed by atoms with Gasteiger partial charge in [-0.1, -0.05) is 29.8 Å². The predicted octanol–water partition coefficient (Wildman–Crippen LogP) is 4.23. The summed E-state index contributed by atoms with van der Waals surface area (Å²) in [5.74, 6) is -0.233. The van der Waals surface area contributed by atoms with Crippen LogP contribution in [0.5, 0.6) is 5.75 Å². The van der Waals surface area contributed by atoms with Crippen LogP contribution in [0.25, 0.3) is 0 Å². The fourth-order valence-corrected chi connectivity index (χ4v) is 2.26. The summed E-state index contributed by atoms with van der Waals surface area (Å²) in [5, 5.41) is 9.67. The number of carboxylic acid groups (broad SMARTS) is 1. The second kappa shape index (κ2) is 5.97. The largest absolute Gasteiger partial charge is 0.488 e. The molecule has 0 aliphatic carbocycles. The third-order valence-electron chi connectivity index (χ3n) is 3.04. The van der Waals surface area contributed by atoms with Crippen molar-refractivity contribution in [3.05, 3.63) is 63.7 Å². The van der Waals surface area contributed by atoms with Gasteiger partial charge in [0, 0.05) is 10.6 Å². The maximum absolute atomic E-state index is 11.0. The van der Waals surface area contributed by atoms with Gasteiger partial charge in [0.05, 0.1) is 5.56 Å². The van der Waals surface area contributed by atoms with Crippen molar-refractivity contribution < 1.29 is 14.6 Å². The van der Waals surface area contributed by atoms with Crippen LogP contribution in [0.3, 0.4) is 0 Å². The standard InChI is InChI=1S/C16H15ClO3/c1-10-7-13(16(18)19)8-11(2)15(10)20-9-12-5-3-4-6-14(12)17/h3-8H,9H2,1-2H3,(H,18,19). The van der Waals surface area contributed by atoms with Crippen LogP contribution in [0.4, 0.5) is 0 Å². The average Bonchev–Trinajstić information content (AvgIpc) is 2.39. The molecule has 2 aromatic rings. The summed E-state index contributed by atoms with van der Waals surface area (Å²) in [6.07, 6.45) is 0. The highest BCUT2D eigenvalue weighted by Crippen LogP contribution is 2.26. The minimum atomic E-state index is -0.936. The van der Waals surface area contributed by atoms with Crippen LogP contribution in [0.2, 0.25) is 5.02 Å². The van der Waals surface area contributed by atoms with Crippen molar-refractivity contribution in [3.8, 4) is 5.75 Å². The monoisotopic (exact) mass is 290 g/mol. The van der Waals surface area contributed by atoms with Crippen LogP contribution in [-0.4, -0.2) is 11.1 Å². The topological polar surface area (TPSA) is 46.5 Å². The molecule has 3 nitrogen and oxygen atoms in total. The molecule has 0 radical (unpaired) electrons. The van der Waals surface area contributed by atoms with E-state index in [-0.39, 0.29) is 5.56 Å². The summed E-state index contributed by atoms with van der Waals surface area (Å²) in [7, 11) is 0. The molecule has 0 aliphatic heterocycles. The van der Waals surface area contributed by atoms with Gasteiger partial charge in [0.1, 0.15) is 12.4 Å². The molecule has 0 spiro atoms. The van der Waals surface area contributed by atoms with Crippen LogP contribution in [0.1, 0.15) is 27.0 Å². The van der Waals surface area contributed by atoms with Crippen LogP contribution < -0.4 is 4.74 Å². The number of benzene rings is 2. The average molecular weight is 291 g/mol. The normalized spacial score (nSPS) is 10.3. The van der Waals surface area contributed by atoms with Gasteiger partial charge in [-0.2, -0.15) is 0 Å². The molecule has 20 heavy (non-hydrogen) atoms. The highest BCUT2D eigenvalue weighted by molar-refractivity contribution is 6.31. The third-order valence-corrected chi connectivity index (χ3v) is 3.41. The van der Waals surface area contributed by atoms with Gasteiger partial charge in [0.2, 0.25) is 0 Å². The summed E-state index contributed by atoms with van der Waals surface area (Å²) in [4.78, 5) is 11.0. The van der Waals surface area contributed by atoms with Crippen molar-refractivity contribution in [2.24, 2.45) is 0 Å². The van der Waals surface area contributed by atoms with Gasteiger partial charge in [-0.3, -0.25) is 0 Å². The van der Waals surface area contributed by atoms with Crippen LogP contribution >= 0.6 is 11.6 Å². The van der Waals surface area contributed by atoms with Crippen LogP contribution in [0.15, 0.2) is 36.4 Å². The number of ether oxygens (including phenoxy) is 1. The lowest BCUT2D eigenvalue weighted by Crippen LogP contribution is -2.03. The van der Waals surface area contributed by atoms with Gasteiger partial charge < -0.3 is 9.84 Å². The fraction of sp³-hybridized carbons (Fsp3) is 0.188. The maximum atomic E-state index is 11.0. The smallest absolute Gasteiger partial charge is 0.335 e. The Hall–Kier alpha value is -2.00. The Labute approximate surface area is 122 Å². The molecule has 0 saturated heterocycles. The number of aryl methyl sites for hydroxylation is 2. The molecule has 1 N–H and O–H groups in total. The van der Waals surface area contributed by atoms with Crippen molar-refractivity contribution in [1.29, 1.82) is 0 Å². The number of hydrogen-bond donors (Lipinski definition) is 1. The van der Waals surface area contributed by atoms with Crippen molar-refractivity contribution >= 4 is 17.6 Å². The number of carbonyl (C=O) groups is 1. The number of halogens is 1. The number of rotatable bonds is 4. The summed E-state index contributed by atoms with van der Waals surface area (Å²) in [6.45, 7) is 4.02. The summed E-state index contributed by atoms with van der Waals surface area (Å²) in [6, 6.07) is 10.7. The molecule has 0 aliphatic rings. The predicted molar refractivity (Wildman–Crippen MR) is 78.7 cm³/mol. The van der Waals surface area contributed by atoms with E-state index in [4.69, 9.17) is 21.4 Å². The first-order chi connectivity index (χ1) is 9.49. The quantitative estimate of drug-likeness (QED) is 0.916. The third kappa shape index (κ3) is 3.11. The molecule has 2 rings (SSSR count). The molecule has 0 unspecified atom stereocenters. The van der Waals surface area contributed by atoms with E-state index in [1.807, 2.05) is 38.1 Å². The molecule has 0 heterocycles. The van der Waals surface area contributed by atoms with Gasteiger partial charge in [0.25, 0.3) is 0 Å². The van der Waals surface area contributed by atoms with E-state index in [0.29, 0.717) is 17.4 Å². The second-order valence-electron chi connectivity index (χ2n) is 4.62. The lowest BCUT2D eigenvalue weighted by atomic mass is 10.1. The van der Waals surface area contributed by atoms with Crippen molar-refractivity contribution in [3.63, 3.8) is 0 Å². The highest BCUT2D eigenvalue weighted by Gasteiger charge is 2.11. The van der Waals surface area contributed by atoms with E-state index in [0.717, 1.165) is 16.7 Å². The molecule has 0 amide bonds. The molecule has 0 aromatic heterocycles. The Morgan fingerprint density at radius 3 is 2.35 bits per heavy atom. The summed E-state index contributed by atoms with van der Waals surface area (Å²) >= 11 is 6.08. The molecular weight excluding hydrogens is 276 g/mol. The van der Waals surface area contributed by atoms with E-state index in [1.165, 1.54) is 0 Å².